The Balaban J connectivity index is 1.87. The molecule has 0 heterocycles. The van der Waals surface area contributed by atoms with Gasteiger partial charge in [-0.05, 0) is 0 Å². The maximum absolute atomic E-state index is 11.7. The molecular weight excluding hydrogens is 487 g/mol. The second kappa shape index (κ2) is 10.5. The van der Waals surface area contributed by atoms with Crippen LogP contribution in [0.4, 0.5) is 9.59 Å². The van der Waals surface area contributed by atoms with Gasteiger partial charge < -0.3 is 0 Å². The predicted octanol–water partition coefficient (Wildman–Crippen LogP) is 2.30. The van der Waals surface area contributed by atoms with Crippen LogP contribution in [0.15, 0.2) is 48.5 Å². The van der Waals surface area contributed by atoms with Crippen molar-refractivity contribution in [3.63, 3.8) is 0 Å². The van der Waals surface area contributed by atoms with Gasteiger partial charge in [-0.1, -0.05) is 0 Å². The van der Waals surface area contributed by atoms with Crippen molar-refractivity contribution in [2.45, 2.75) is 40.2 Å². The van der Waals surface area contributed by atoms with Gasteiger partial charge in [-0.15, -0.1) is 0 Å². The molecule has 0 amide bonds. The van der Waals surface area contributed by atoms with Crippen LogP contribution in [-0.2, 0) is 9.47 Å². The van der Waals surface area contributed by atoms with Gasteiger partial charge in [-0.2, -0.15) is 0 Å². The molecule has 0 aliphatic rings. The van der Waals surface area contributed by atoms with E-state index in [2.05, 4.69) is 0 Å². The van der Waals surface area contributed by atoms with Gasteiger partial charge in [-0.3, -0.25) is 0 Å². The van der Waals surface area contributed by atoms with Crippen LogP contribution in [-0.4, -0.2) is 24.5 Å². The van der Waals surface area contributed by atoms with Gasteiger partial charge in [0.05, 0.1) is 0 Å². The minimum atomic E-state index is -0.720. The average Bonchev–Trinajstić information content (AvgIpc) is 2.62. The summed E-state index contributed by atoms with van der Waals surface area (Å²) >= 11 is -0.421. The van der Waals surface area contributed by atoms with E-state index in [1.807, 2.05) is 38.1 Å². The second-order valence-electron chi connectivity index (χ2n) is 7.63. The van der Waals surface area contributed by atoms with Crippen LogP contribution in [0.5, 0.6) is 11.5 Å². The fourth-order valence-corrected chi connectivity index (χ4v) is 4.14. The summed E-state index contributed by atoms with van der Waals surface area (Å²) in [5.74, 6) is 1.15. The van der Waals surface area contributed by atoms with Crippen molar-refractivity contribution in [2.75, 3.05) is 6.61 Å². The van der Waals surface area contributed by atoms with E-state index in [0.717, 1.165) is 7.14 Å². The molecule has 0 fully saturated rings. The third-order valence-corrected chi connectivity index (χ3v) is 5.86. The van der Waals surface area contributed by atoms with Gasteiger partial charge in [-0.25, -0.2) is 0 Å². The number of hydrogen-bond acceptors (Lipinski definition) is 6. The van der Waals surface area contributed by atoms with E-state index in [1.165, 1.54) is 0 Å². The summed E-state index contributed by atoms with van der Waals surface area (Å²) in [6.07, 6.45) is -1.41. The van der Waals surface area contributed by atoms with Crippen molar-refractivity contribution in [2.24, 2.45) is 5.92 Å². The van der Waals surface area contributed by atoms with E-state index in [-0.39, 0.29) is 5.92 Å². The third kappa shape index (κ3) is 9.17. The van der Waals surface area contributed by atoms with Crippen molar-refractivity contribution < 1.29 is 49.7 Å². The molecule has 0 aromatic heterocycles. The number of benzene rings is 2. The van der Waals surface area contributed by atoms with E-state index in [1.54, 1.807) is 45.0 Å². The summed E-state index contributed by atoms with van der Waals surface area (Å²) in [6, 6.07) is 14.7. The molecule has 0 saturated heterocycles. The van der Waals surface area contributed by atoms with E-state index < -0.39 is 39.1 Å². The first-order valence-electron chi connectivity index (χ1n) is 9.21. The number of rotatable bonds is 6. The Bertz CT molecular complexity index is 807. The molecule has 0 saturated carbocycles. The molecule has 2 rings (SSSR count). The third-order valence-electron chi connectivity index (χ3n) is 3.17. The van der Waals surface area contributed by atoms with Crippen LogP contribution >= 0.6 is 0 Å². The van der Waals surface area contributed by atoms with Gasteiger partial charge in [0.25, 0.3) is 0 Å². The molecule has 2 aromatic rings. The standard InChI is InChI=1S/C22H26IO6/c1-15(2)14-26-20(24)27-18-10-6-16(7-11-18)23-17-8-12-19(13-9-17)28-21(25)29-22(3,4)5/h6-13,15H,14H2,1-5H3/q-1. The molecule has 0 radical (unpaired) electrons. The number of hydrogen-bond donors (Lipinski definition) is 0. The van der Waals surface area contributed by atoms with Crippen LogP contribution in [0, 0.1) is 13.1 Å². The van der Waals surface area contributed by atoms with Gasteiger partial charge in [0, 0.05) is 0 Å². The fourth-order valence-electron chi connectivity index (χ4n) is 1.98. The summed E-state index contributed by atoms with van der Waals surface area (Å²) < 4.78 is 22.8. The monoisotopic (exact) mass is 513 g/mol. The van der Waals surface area contributed by atoms with Crippen LogP contribution in [0.2, 0.25) is 0 Å². The Hall–Kier alpha value is -2.29. The number of halogens is 1. The molecule has 0 unspecified atom stereocenters. The Labute approximate surface area is 181 Å². The Morgan fingerprint density at radius 2 is 1.28 bits per heavy atom. The van der Waals surface area contributed by atoms with Crippen molar-refractivity contribution in [1.82, 2.24) is 0 Å². The molecule has 0 N–H and O–H groups in total. The summed E-state index contributed by atoms with van der Waals surface area (Å²) in [7, 11) is 0. The molecule has 158 valence electrons. The Morgan fingerprint density at radius 3 is 1.69 bits per heavy atom. The summed E-state index contributed by atoms with van der Waals surface area (Å²) in [5, 5.41) is 0. The van der Waals surface area contributed by atoms with Gasteiger partial charge in [0.1, 0.15) is 0 Å². The summed E-state index contributed by atoms with van der Waals surface area (Å²) in [4.78, 5) is 23.3. The number of carbonyl (C=O) groups excluding carboxylic acids is 2. The zero-order valence-electron chi connectivity index (χ0n) is 17.2. The second-order valence-corrected chi connectivity index (χ2v) is 10.7. The topological polar surface area (TPSA) is 71.1 Å². The zero-order valence-corrected chi connectivity index (χ0v) is 19.4. The first-order valence-corrected chi connectivity index (χ1v) is 11.4. The number of ether oxygens (including phenoxy) is 4. The fraction of sp³-hybridized carbons (Fsp3) is 0.364. The summed E-state index contributed by atoms with van der Waals surface area (Å²) in [5.41, 5.74) is -0.594. The van der Waals surface area contributed by atoms with E-state index in [9.17, 15) is 9.59 Å². The Kier molecular flexibility index (Phi) is 8.31. The molecule has 0 aliphatic carbocycles. The van der Waals surface area contributed by atoms with Crippen molar-refractivity contribution in [1.29, 1.82) is 0 Å². The van der Waals surface area contributed by atoms with Crippen LogP contribution < -0.4 is 30.7 Å². The normalized spacial score (nSPS) is 11.2. The Morgan fingerprint density at radius 1 is 0.828 bits per heavy atom. The van der Waals surface area contributed by atoms with Crippen molar-refractivity contribution >= 4 is 12.3 Å². The summed E-state index contributed by atoms with van der Waals surface area (Å²) in [6.45, 7) is 9.60. The van der Waals surface area contributed by atoms with Gasteiger partial charge in [0.15, 0.2) is 0 Å². The first-order chi connectivity index (χ1) is 13.6. The molecule has 6 nitrogen and oxygen atoms in total. The van der Waals surface area contributed by atoms with Crippen LogP contribution in [0.3, 0.4) is 0 Å². The van der Waals surface area contributed by atoms with E-state index in [4.69, 9.17) is 18.9 Å². The molecule has 0 bridgehead atoms. The van der Waals surface area contributed by atoms with Crippen molar-refractivity contribution in [3.8, 4) is 11.5 Å². The molecule has 2 aromatic carbocycles. The molecule has 0 spiro atoms. The first kappa shape index (κ1) is 23.0. The molecular formula is C22H26IO6-. The number of carbonyl (C=O) groups is 2. The SMILES string of the molecule is CC(C)COC(=O)Oc1ccc([I-]c2ccc(OC(=O)OC(C)(C)C)cc2)cc1. The van der Waals surface area contributed by atoms with Crippen molar-refractivity contribution in [3.05, 3.63) is 55.7 Å². The van der Waals surface area contributed by atoms with E-state index >= 15 is 0 Å². The predicted molar refractivity (Wildman–Crippen MR) is 104 cm³/mol. The molecule has 29 heavy (non-hydrogen) atoms. The maximum atomic E-state index is 11.7. The average molecular weight is 513 g/mol. The quantitative estimate of drug-likeness (QED) is 0.336. The molecule has 0 aliphatic heterocycles. The van der Waals surface area contributed by atoms with Gasteiger partial charge in [0.2, 0.25) is 0 Å². The molecule has 0 atom stereocenters. The zero-order chi connectivity index (χ0) is 21.4. The van der Waals surface area contributed by atoms with Crippen LogP contribution in [0.1, 0.15) is 34.6 Å². The molecule has 7 heteroatoms. The van der Waals surface area contributed by atoms with Gasteiger partial charge >= 0.3 is 182 Å². The van der Waals surface area contributed by atoms with Crippen LogP contribution in [0.25, 0.3) is 0 Å². The van der Waals surface area contributed by atoms with E-state index in [0.29, 0.717) is 18.1 Å². The minimum absolute atomic E-state index is 0.260.